The molecule has 1 aliphatic rings. The topological polar surface area (TPSA) is 87.5 Å². The lowest BCUT2D eigenvalue weighted by Crippen LogP contribution is -2.36. The van der Waals surface area contributed by atoms with E-state index >= 15 is 0 Å². The second-order valence-electron chi connectivity index (χ2n) is 6.42. The molecule has 0 atom stereocenters. The number of nitrogens with zero attached hydrogens (tertiary/aromatic N) is 1. The number of carbonyl (C=O) groups is 2. The fourth-order valence-electron chi connectivity index (χ4n) is 3.05. The molecule has 25 heavy (non-hydrogen) atoms. The fourth-order valence-corrected chi connectivity index (χ4v) is 3.05. The van der Waals surface area contributed by atoms with Crippen LogP contribution in [0.2, 0.25) is 0 Å². The van der Waals surface area contributed by atoms with Crippen LogP contribution in [0, 0.1) is 5.92 Å². The lowest BCUT2D eigenvalue weighted by Gasteiger charge is -2.31. The molecule has 2 amide bonds. The number of likely N-dealkylation sites (tertiary alicyclic amines) is 1. The van der Waals surface area contributed by atoms with E-state index in [1.165, 1.54) is 19.3 Å². The molecule has 0 unspecified atom stereocenters. The van der Waals surface area contributed by atoms with Gasteiger partial charge in [0, 0.05) is 24.2 Å². The normalized spacial score (nSPS) is 15.4. The Kier molecular flexibility index (Phi) is 9.49. The first-order valence-electron chi connectivity index (χ1n) is 8.65. The third-order valence-corrected chi connectivity index (χ3v) is 4.62. The van der Waals surface area contributed by atoms with Crippen LogP contribution in [0.1, 0.15) is 36.0 Å². The first-order chi connectivity index (χ1) is 11.6. The summed E-state index contributed by atoms with van der Waals surface area (Å²) in [6, 6.07) is 6.64. The Balaban J connectivity index is 0.00000312. The number of piperidine rings is 1. The lowest BCUT2D eigenvalue weighted by atomic mass is 9.93. The van der Waals surface area contributed by atoms with Crippen molar-refractivity contribution in [3.05, 3.63) is 29.8 Å². The number of amides is 2. The van der Waals surface area contributed by atoms with Crippen LogP contribution in [0.3, 0.4) is 0 Å². The Labute approximate surface area is 155 Å². The van der Waals surface area contributed by atoms with Crippen LogP contribution in [0.5, 0.6) is 0 Å². The second-order valence-corrected chi connectivity index (χ2v) is 6.42. The molecule has 0 bridgehead atoms. The average Bonchev–Trinajstić information content (AvgIpc) is 2.59. The van der Waals surface area contributed by atoms with E-state index in [1.807, 2.05) is 7.05 Å². The first-order valence-corrected chi connectivity index (χ1v) is 8.65. The molecule has 0 radical (unpaired) electrons. The third-order valence-electron chi connectivity index (χ3n) is 4.62. The smallest absolute Gasteiger partial charge is 0.248 e. The van der Waals surface area contributed by atoms with Gasteiger partial charge in [0.25, 0.3) is 0 Å². The number of halogens is 1. The molecule has 1 aromatic carbocycles. The summed E-state index contributed by atoms with van der Waals surface area (Å²) in [4.78, 5) is 25.4. The summed E-state index contributed by atoms with van der Waals surface area (Å²) in [5.74, 6) is 0.344. The minimum Gasteiger partial charge on any atom is -0.366 e. The van der Waals surface area contributed by atoms with Gasteiger partial charge in [-0.3, -0.25) is 9.59 Å². The Morgan fingerprint density at radius 2 is 1.84 bits per heavy atom. The summed E-state index contributed by atoms with van der Waals surface area (Å²) in [6.07, 6.45) is 4.17. The summed E-state index contributed by atoms with van der Waals surface area (Å²) in [5, 5.41) is 6.07. The number of hydrogen-bond acceptors (Lipinski definition) is 4. The zero-order valence-electron chi connectivity index (χ0n) is 14.8. The molecule has 2 rings (SSSR count). The Hall–Kier alpha value is -1.63. The van der Waals surface area contributed by atoms with E-state index in [2.05, 4.69) is 15.5 Å². The fraction of sp³-hybridized carbons (Fsp3) is 0.556. The minimum atomic E-state index is -0.467. The van der Waals surface area contributed by atoms with Crippen molar-refractivity contribution in [2.75, 3.05) is 38.5 Å². The number of anilines is 1. The largest absolute Gasteiger partial charge is 0.366 e. The first kappa shape index (κ1) is 21.4. The van der Waals surface area contributed by atoms with Crippen LogP contribution >= 0.6 is 12.4 Å². The zero-order chi connectivity index (χ0) is 17.4. The van der Waals surface area contributed by atoms with Crippen LogP contribution in [-0.4, -0.2) is 49.9 Å². The van der Waals surface area contributed by atoms with Gasteiger partial charge in [-0.1, -0.05) is 0 Å². The Morgan fingerprint density at radius 3 is 2.40 bits per heavy atom. The molecule has 0 saturated carbocycles. The van der Waals surface area contributed by atoms with E-state index < -0.39 is 5.91 Å². The van der Waals surface area contributed by atoms with E-state index in [0.29, 0.717) is 17.7 Å². The maximum Gasteiger partial charge on any atom is 0.248 e. The van der Waals surface area contributed by atoms with Crippen molar-refractivity contribution in [2.45, 2.75) is 25.7 Å². The quantitative estimate of drug-likeness (QED) is 0.653. The van der Waals surface area contributed by atoms with Gasteiger partial charge >= 0.3 is 0 Å². The molecule has 0 aromatic heterocycles. The van der Waals surface area contributed by atoms with Gasteiger partial charge in [-0.15, -0.1) is 12.4 Å². The molecule has 0 aliphatic carbocycles. The molecule has 1 heterocycles. The summed E-state index contributed by atoms with van der Waals surface area (Å²) >= 11 is 0. The van der Waals surface area contributed by atoms with Crippen LogP contribution in [0.4, 0.5) is 5.69 Å². The van der Waals surface area contributed by atoms with E-state index in [0.717, 1.165) is 32.1 Å². The van der Waals surface area contributed by atoms with Gasteiger partial charge in [-0.05, 0) is 76.1 Å². The number of nitrogens with one attached hydrogen (secondary N) is 2. The van der Waals surface area contributed by atoms with E-state index in [9.17, 15) is 9.59 Å². The van der Waals surface area contributed by atoms with Gasteiger partial charge in [0.1, 0.15) is 0 Å². The summed E-state index contributed by atoms with van der Waals surface area (Å²) in [6.45, 7) is 4.04. The Morgan fingerprint density at radius 1 is 1.20 bits per heavy atom. The summed E-state index contributed by atoms with van der Waals surface area (Å²) < 4.78 is 0. The van der Waals surface area contributed by atoms with Gasteiger partial charge < -0.3 is 21.3 Å². The molecule has 1 aromatic rings. The number of benzene rings is 1. The molecule has 6 nitrogen and oxygen atoms in total. The summed E-state index contributed by atoms with van der Waals surface area (Å²) in [7, 11) is 2.00. The van der Waals surface area contributed by atoms with Crippen LogP contribution in [0.15, 0.2) is 24.3 Å². The van der Waals surface area contributed by atoms with Gasteiger partial charge in [0.05, 0.1) is 0 Å². The highest BCUT2D eigenvalue weighted by Crippen LogP contribution is 2.20. The van der Waals surface area contributed by atoms with Crippen LogP contribution in [-0.2, 0) is 4.79 Å². The molecule has 7 heteroatoms. The minimum absolute atomic E-state index is 0. The van der Waals surface area contributed by atoms with Gasteiger partial charge in [0.2, 0.25) is 11.8 Å². The van der Waals surface area contributed by atoms with E-state index in [-0.39, 0.29) is 18.3 Å². The number of nitrogens with two attached hydrogens (primary N) is 1. The second kappa shape index (κ2) is 11.1. The maximum atomic E-state index is 12.0. The molecule has 140 valence electrons. The molecule has 4 N–H and O–H groups in total. The molecule has 1 fully saturated rings. The van der Waals surface area contributed by atoms with E-state index in [1.54, 1.807) is 24.3 Å². The van der Waals surface area contributed by atoms with Crippen molar-refractivity contribution in [3.63, 3.8) is 0 Å². The van der Waals surface area contributed by atoms with Crippen LogP contribution < -0.4 is 16.4 Å². The predicted molar refractivity (Wildman–Crippen MR) is 103 cm³/mol. The van der Waals surface area contributed by atoms with Crippen molar-refractivity contribution >= 4 is 29.9 Å². The number of rotatable bonds is 8. The van der Waals surface area contributed by atoms with Gasteiger partial charge in [-0.25, -0.2) is 0 Å². The van der Waals surface area contributed by atoms with Gasteiger partial charge in [-0.2, -0.15) is 0 Å². The number of primary amides is 1. The molecular weight excluding hydrogens is 340 g/mol. The van der Waals surface area contributed by atoms with Crippen LogP contribution in [0.25, 0.3) is 0 Å². The monoisotopic (exact) mass is 368 g/mol. The highest BCUT2D eigenvalue weighted by molar-refractivity contribution is 5.94. The summed E-state index contributed by atoms with van der Waals surface area (Å²) in [5.41, 5.74) is 6.33. The molecule has 1 aliphatic heterocycles. The lowest BCUT2D eigenvalue weighted by molar-refractivity contribution is -0.116. The van der Waals surface area contributed by atoms with Gasteiger partial charge in [0.15, 0.2) is 0 Å². The molecule has 0 spiro atoms. The number of hydrogen-bond donors (Lipinski definition) is 3. The van der Waals surface area contributed by atoms with Crippen molar-refractivity contribution in [1.82, 2.24) is 10.2 Å². The third kappa shape index (κ3) is 7.42. The molecular formula is C18H29ClN4O2. The van der Waals surface area contributed by atoms with Crippen molar-refractivity contribution < 1.29 is 9.59 Å². The standard InChI is InChI=1S/C18H28N4O2.ClH/c1-20-10-6-14-7-11-22(12-8-14)13-9-17(23)21-16-4-2-15(3-5-16)18(19)24;/h2-5,14,20H,6-13H2,1H3,(H2,19,24)(H,21,23);1H. The number of carbonyl (C=O) groups excluding carboxylic acids is 2. The highest BCUT2D eigenvalue weighted by atomic mass is 35.5. The zero-order valence-corrected chi connectivity index (χ0v) is 15.6. The predicted octanol–water partition coefficient (Wildman–Crippen LogP) is 1.86. The Bertz CT molecular complexity index is 543. The van der Waals surface area contributed by atoms with Crippen molar-refractivity contribution in [1.29, 1.82) is 0 Å². The SMILES string of the molecule is CNCCC1CCN(CCC(=O)Nc2ccc(C(N)=O)cc2)CC1.Cl. The van der Waals surface area contributed by atoms with E-state index in [4.69, 9.17) is 5.73 Å². The highest BCUT2D eigenvalue weighted by Gasteiger charge is 2.19. The van der Waals surface area contributed by atoms with Crippen molar-refractivity contribution in [3.8, 4) is 0 Å². The average molecular weight is 369 g/mol. The maximum absolute atomic E-state index is 12.0. The van der Waals surface area contributed by atoms with Crippen molar-refractivity contribution in [2.24, 2.45) is 11.7 Å². The molecule has 1 saturated heterocycles.